The van der Waals surface area contributed by atoms with Crippen molar-refractivity contribution in [2.24, 2.45) is 0 Å². The zero-order valence-electron chi connectivity index (χ0n) is 14.1. The van der Waals surface area contributed by atoms with Crippen LogP contribution in [0.1, 0.15) is 36.7 Å². The van der Waals surface area contributed by atoms with Crippen LogP contribution in [-0.2, 0) is 15.6 Å². The Morgan fingerprint density at radius 2 is 1.84 bits per heavy atom. The maximum absolute atomic E-state index is 13.8. The molecule has 0 spiro atoms. The van der Waals surface area contributed by atoms with Gasteiger partial charge in [0.25, 0.3) is 5.91 Å². The number of rotatable bonds is 4. The first-order valence-corrected chi connectivity index (χ1v) is 10.0. The number of hydrogen-bond donors (Lipinski definition) is 1. The highest BCUT2D eigenvalue weighted by molar-refractivity contribution is 9.10. The lowest BCUT2D eigenvalue weighted by atomic mass is 10.2. The number of sulfone groups is 1. The van der Waals surface area contributed by atoms with Crippen molar-refractivity contribution in [3.05, 3.63) is 63.9 Å². The normalized spacial score (nSPS) is 12.0. The number of carbonyl (C=O) groups excluding carboxylic acids is 1. The standard InChI is InChI=1S/C18H19BrFNO3S/c1-18(2,3)25(23,24)11-12-5-4-6-14(9-12)21-17(22)15-10-13(19)7-8-16(15)20/h4-10H,11H2,1-3H3,(H,21,22). The molecule has 2 rings (SSSR count). The molecule has 2 aromatic carbocycles. The number of amides is 1. The molecule has 0 aliphatic heterocycles. The Labute approximate surface area is 155 Å². The summed E-state index contributed by atoms with van der Waals surface area (Å²) in [6.45, 7) is 4.93. The molecule has 0 radical (unpaired) electrons. The van der Waals surface area contributed by atoms with E-state index < -0.39 is 26.3 Å². The molecule has 25 heavy (non-hydrogen) atoms. The van der Waals surface area contributed by atoms with Crippen LogP contribution in [-0.4, -0.2) is 19.1 Å². The molecule has 0 bridgehead atoms. The number of carbonyl (C=O) groups is 1. The second-order valence-electron chi connectivity index (χ2n) is 6.65. The second-order valence-corrected chi connectivity index (χ2v) is 10.3. The highest BCUT2D eigenvalue weighted by atomic mass is 79.9. The van der Waals surface area contributed by atoms with Gasteiger partial charge < -0.3 is 5.32 Å². The zero-order chi connectivity index (χ0) is 18.8. The fourth-order valence-electron chi connectivity index (χ4n) is 2.04. The van der Waals surface area contributed by atoms with E-state index in [1.165, 1.54) is 18.2 Å². The summed E-state index contributed by atoms with van der Waals surface area (Å²) in [6, 6.07) is 10.6. The molecule has 0 aromatic heterocycles. The van der Waals surface area contributed by atoms with Crippen molar-refractivity contribution < 1.29 is 17.6 Å². The van der Waals surface area contributed by atoms with Gasteiger partial charge in [0.2, 0.25) is 0 Å². The van der Waals surface area contributed by atoms with Crippen LogP contribution in [0.4, 0.5) is 10.1 Å². The summed E-state index contributed by atoms with van der Waals surface area (Å²) >= 11 is 3.20. The summed E-state index contributed by atoms with van der Waals surface area (Å²) in [5, 5.41) is 2.60. The summed E-state index contributed by atoms with van der Waals surface area (Å²) in [4.78, 5) is 12.3. The van der Waals surface area contributed by atoms with Gasteiger partial charge in [-0.2, -0.15) is 0 Å². The van der Waals surface area contributed by atoms with Gasteiger partial charge in [0.05, 0.1) is 16.1 Å². The van der Waals surface area contributed by atoms with E-state index in [0.29, 0.717) is 15.7 Å². The van der Waals surface area contributed by atoms with E-state index in [2.05, 4.69) is 21.2 Å². The Balaban J connectivity index is 2.22. The minimum atomic E-state index is -3.34. The van der Waals surface area contributed by atoms with Crippen molar-refractivity contribution in [2.45, 2.75) is 31.3 Å². The lowest BCUT2D eigenvalue weighted by molar-refractivity contribution is 0.102. The van der Waals surface area contributed by atoms with Crippen LogP contribution < -0.4 is 5.32 Å². The summed E-state index contributed by atoms with van der Waals surface area (Å²) in [5.41, 5.74) is 0.871. The van der Waals surface area contributed by atoms with Crippen molar-refractivity contribution in [2.75, 3.05) is 5.32 Å². The molecule has 0 fully saturated rings. The predicted octanol–water partition coefficient (Wildman–Crippen LogP) is 4.55. The van der Waals surface area contributed by atoms with E-state index in [0.717, 1.165) is 0 Å². The monoisotopic (exact) mass is 427 g/mol. The maximum atomic E-state index is 13.8. The van der Waals surface area contributed by atoms with E-state index >= 15 is 0 Å². The van der Waals surface area contributed by atoms with Gasteiger partial charge in [0.15, 0.2) is 9.84 Å². The van der Waals surface area contributed by atoms with Crippen LogP contribution in [0.15, 0.2) is 46.9 Å². The molecule has 0 heterocycles. The van der Waals surface area contributed by atoms with Crippen molar-refractivity contribution in [1.82, 2.24) is 0 Å². The highest BCUT2D eigenvalue weighted by Crippen LogP contribution is 2.23. The van der Waals surface area contributed by atoms with Crippen LogP contribution in [0.25, 0.3) is 0 Å². The molecule has 4 nitrogen and oxygen atoms in total. The fourth-order valence-corrected chi connectivity index (χ4v) is 3.46. The molecular formula is C18H19BrFNO3S. The predicted molar refractivity (Wildman–Crippen MR) is 101 cm³/mol. The first-order valence-electron chi connectivity index (χ1n) is 7.57. The summed E-state index contributed by atoms with van der Waals surface area (Å²) in [6.07, 6.45) is 0. The number of hydrogen-bond acceptors (Lipinski definition) is 3. The van der Waals surface area contributed by atoms with E-state index in [1.807, 2.05) is 0 Å². The SMILES string of the molecule is CC(C)(C)S(=O)(=O)Cc1cccc(NC(=O)c2cc(Br)ccc2F)c1. The molecule has 0 aliphatic carbocycles. The lowest BCUT2D eigenvalue weighted by Gasteiger charge is -2.19. The molecule has 0 unspecified atom stereocenters. The summed E-state index contributed by atoms with van der Waals surface area (Å²) < 4.78 is 38.1. The number of halogens is 2. The molecular weight excluding hydrogens is 409 g/mol. The molecule has 0 atom stereocenters. The number of anilines is 1. The third kappa shape index (κ3) is 4.89. The average Bonchev–Trinajstić information content (AvgIpc) is 2.48. The maximum Gasteiger partial charge on any atom is 0.258 e. The molecule has 2 aromatic rings. The largest absolute Gasteiger partial charge is 0.322 e. The van der Waals surface area contributed by atoms with Gasteiger partial charge in [0, 0.05) is 10.2 Å². The van der Waals surface area contributed by atoms with Gasteiger partial charge in [-0.25, -0.2) is 12.8 Å². The van der Waals surface area contributed by atoms with Gasteiger partial charge in [-0.05, 0) is 56.7 Å². The highest BCUT2D eigenvalue weighted by Gasteiger charge is 2.29. The molecule has 1 amide bonds. The lowest BCUT2D eigenvalue weighted by Crippen LogP contribution is -2.29. The Bertz CT molecular complexity index is 905. The van der Waals surface area contributed by atoms with Crippen LogP contribution in [0.2, 0.25) is 0 Å². The number of nitrogens with one attached hydrogen (secondary N) is 1. The quantitative estimate of drug-likeness (QED) is 0.777. The summed E-state index contributed by atoms with van der Waals surface area (Å²) in [5.74, 6) is -1.37. The molecule has 0 saturated carbocycles. The van der Waals surface area contributed by atoms with Crippen molar-refractivity contribution in [3.63, 3.8) is 0 Å². The van der Waals surface area contributed by atoms with Crippen molar-refractivity contribution >= 4 is 37.4 Å². The van der Waals surface area contributed by atoms with Gasteiger partial charge >= 0.3 is 0 Å². The Hall–Kier alpha value is -1.73. The van der Waals surface area contributed by atoms with E-state index in [9.17, 15) is 17.6 Å². The first-order chi connectivity index (χ1) is 11.5. The molecule has 134 valence electrons. The van der Waals surface area contributed by atoms with Gasteiger partial charge in [-0.15, -0.1) is 0 Å². The smallest absolute Gasteiger partial charge is 0.258 e. The van der Waals surface area contributed by atoms with Crippen LogP contribution in [0.3, 0.4) is 0 Å². The number of benzene rings is 2. The summed E-state index contributed by atoms with van der Waals surface area (Å²) in [7, 11) is -3.34. The van der Waals surface area contributed by atoms with Crippen molar-refractivity contribution in [3.8, 4) is 0 Å². The van der Waals surface area contributed by atoms with E-state index in [-0.39, 0.29) is 11.3 Å². The Kier molecular flexibility index (Phi) is 5.68. The minimum absolute atomic E-state index is 0.0953. The van der Waals surface area contributed by atoms with E-state index in [4.69, 9.17) is 0 Å². The van der Waals surface area contributed by atoms with Gasteiger partial charge in [0.1, 0.15) is 5.82 Å². The first kappa shape index (κ1) is 19.6. The molecule has 1 N–H and O–H groups in total. The van der Waals surface area contributed by atoms with Gasteiger partial charge in [-0.3, -0.25) is 4.79 Å². The van der Waals surface area contributed by atoms with E-state index in [1.54, 1.807) is 45.0 Å². The Morgan fingerprint density at radius 3 is 2.48 bits per heavy atom. The molecule has 7 heteroatoms. The van der Waals surface area contributed by atoms with Crippen LogP contribution in [0, 0.1) is 5.82 Å². The zero-order valence-corrected chi connectivity index (χ0v) is 16.5. The fraction of sp³-hybridized carbons (Fsp3) is 0.278. The topological polar surface area (TPSA) is 63.2 Å². The van der Waals surface area contributed by atoms with Crippen LogP contribution in [0.5, 0.6) is 0 Å². The average molecular weight is 428 g/mol. The molecule has 0 aliphatic rings. The Morgan fingerprint density at radius 1 is 1.16 bits per heavy atom. The minimum Gasteiger partial charge on any atom is -0.322 e. The second kappa shape index (κ2) is 7.25. The van der Waals surface area contributed by atoms with Crippen LogP contribution >= 0.6 is 15.9 Å². The van der Waals surface area contributed by atoms with Gasteiger partial charge in [-0.1, -0.05) is 28.1 Å². The third-order valence-electron chi connectivity index (χ3n) is 3.65. The third-order valence-corrected chi connectivity index (χ3v) is 6.72. The molecule has 0 saturated heterocycles. The van der Waals surface area contributed by atoms with Crippen molar-refractivity contribution in [1.29, 1.82) is 0 Å².